The van der Waals surface area contributed by atoms with Gasteiger partial charge >= 0.3 is 0 Å². The first-order valence-electron chi connectivity index (χ1n) is 10.00. The van der Waals surface area contributed by atoms with E-state index in [-0.39, 0.29) is 30.7 Å². The predicted molar refractivity (Wildman–Crippen MR) is 118 cm³/mol. The molecule has 164 valence electrons. The van der Waals surface area contributed by atoms with E-state index in [0.29, 0.717) is 35.6 Å². The summed E-state index contributed by atoms with van der Waals surface area (Å²) in [5.41, 5.74) is 1.21. The molecule has 2 aromatic rings. The van der Waals surface area contributed by atoms with Crippen molar-refractivity contribution in [1.29, 1.82) is 0 Å². The van der Waals surface area contributed by atoms with Crippen LogP contribution in [0.1, 0.15) is 32.9 Å². The van der Waals surface area contributed by atoms with Gasteiger partial charge < -0.3 is 25.0 Å². The molecule has 30 heavy (non-hydrogen) atoms. The van der Waals surface area contributed by atoms with Crippen LogP contribution in [-0.4, -0.2) is 45.4 Å². The summed E-state index contributed by atoms with van der Waals surface area (Å²) in [6, 6.07) is 7.15. The number of hydrogen-bond acceptors (Lipinski definition) is 6. The molecule has 0 atom stereocenters. The highest BCUT2D eigenvalue weighted by Crippen LogP contribution is 2.20. The summed E-state index contributed by atoms with van der Waals surface area (Å²) >= 11 is 1.22. The quantitative estimate of drug-likeness (QED) is 0.444. The number of thioether (sulfide) groups is 1. The summed E-state index contributed by atoms with van der Waals surface area (Å²) < 4.78 is 7.02. The predicted octanol–water partition coefficient (Wildman–Crippen LogP) is 2.67. The monoisotopic (exact) mass is 434 g/mol. The van der Waals surface area contributed by atoms with Crippen LogP contribution in [0.2, 0.25) is 0 Å². The number of rotatable bonds is 12. The first kappa shape index (κ1) is 23.8. The Kier molecular flexibility index (Phi) is 9.69. The van der Waals surface area contributed by atoms with E-state index in [4.69, 9.17) is 4.74 Å². The second kappa shape index (κ2) is 12.2. The standard InChI is InChI=1S/C21H30N4O4S/c1-4-29-18-7-5-16(6-8-18)24-20(28)14-30-21-23-11-17(13-26)25(21)12-19(27)22-10-9-15(2)3/h5-8,11,15,26H,4,9-10,12-14H2,1-3H3,(H,22,27)(H,24,28). The first-order valence-corrected chi connectivity index (χ1v) is 11.0. The fourth-order valence-corrected chi connectivity index (χ4v) is 3.43. The highest BCUT2D eigenvalue weighted by molar-refractivity contribution is 7.99. The molecular formula is C21H30N4O4S. The van der Waals surface area contributed by atoms with Crippen molar-refractivity contribution in [2.75, 3.05) is 24.2 Å². The molecule has 1 aromatic heterocycles. The van der Waals surface area contributed by atoms with Crippen LogP contribution >= 0.6 is 11.8 Å². The summed E-state index contributed by atoms with van der Waals surface area (Å²) in [6.07, 6.45) is 2.42. The molecule has 0 saturated carbocycles. The minimum atomic E-state index is -0.231. The van der Waals surface area contributed by atoms with Gasteiger partial charge in [0, 0.05) is 12.2 Å². The molecule has 0 aliphatic carbocycles. The number of aliphatic hydroxyl groups excluding tert-OH is 1. The molecule has 1 aromatic carbocycles. The molecule has 0 aliphatic heterocycles. The molecule has 0 fully saturated rings. The zero-order valence-electron chi connectivity index (χ0n) is 17.7. The summed E-state index contributed by atoms with van der Waals surface area (Å²) in [5, 5.41) is 15.7. The average Bonchev–Trinajstić information content (AvgIpc) is 3.09. The van der Waals surface area contributed by atoms with E-state index in [9.17, 15) is 14.7 Å². The van der Waals surface area contributed by atoms with Gasteiger partial charge in [-0.1, -0.05) is 25.6 Å². The summed E-state index contributed by atoms with van der Waals surface area (Å²) in [7, 11) is 0. The van der Waals surface area contributed by atoms with Crippen molar-refractivity contribution in [3.05, 3.63) is 36.2 Å². The van der Waals surface area contributed by atoms with E-state index >= 15 is 0 Å². The third-order valence-corrected chi connectivity index (χ3v) is 5.18. The summed E-state index contributed by atoms with van der Waals surface area (Å²) in [4.78, 5) is 28.8. The number of benzene rings is 1. The number of carbonyl (C=O) groups excluding carboxylic acids is 2. The van der Waals surface area contributed by atoms with Crippen molar-refractivity contribution in [3.63, 3.8) is 0 Å². The number of amides is 2. The van der Waals surface area contributed by atoms with Crippen LogP contribution in [0.4, 0.5) is 5.69 Å². The largest absolute Gasteiger partial charge is 0.494 e. The Labute approximate surface area is 181 Å². The molecule has 0 bridgehead atoms. The third kappa shape index (κ3) is 7.72. The number of anilines is 1. The number of imidazole rings is 1. The second-order valence-electron chi connectivity index (χ2n) is 7.10. The van der Waals surface area contributed by atoms with Crippen molar-refractivity contribution in [3.8, 4) is 5.75 Å². The van der Waals surface area contributed by atoms with Gasteiger partial charge in [0.1, 0.15) is 12.3 Å². The molecule has 0 radical (unpaired) electrons. The van der Waals surface area contributed by atoms with Crippen LogP contribution in [0.25, 0.3) is 0 Å². The zero-order valence-corrected chi connectivity index (χ0v) is 18.5. The fraction of sp³-hybridized carbons (Fsp3) is 0.476. The van der Waals surface area contributed by atoms with Crippen LogP contribution in [0.15, 0.2) is 35.6 Å². The molecule has 3 N–H and O–H groups in total. The van der Waals surface area contributed by atoms with Crippen LogP contribution in [0.3, 0.4) is 0 Å². The van der Waals surface area contributed by atoms with E-state index in [0.717, 1.165) is 12.2 Å². The Morgan fingerprint density at radius 2 is 1.97 bits per heavy atom. The topological polar surface area (TPSA) is 105 Å². The molecular weight excluding hydrogens is 404 g/mol. The van der Waals surface area contributed by atoms with Crippen molar-refractivity contribution < 1.29 is 19.4 Å². The summed E-state index contributed by atoms with van der Waals surface area (Å²) in [5.74, 6) is 1.04. The minimum Gasteiger partial charge on any atom is -0.494 e. The van der Waals surface area contributed by atoms with Gasteiger partial charge in [0.2, 0.25) is 11.8 Å². The Morgan fingerprint density at radius 3 is 2.60 bits per heavy atom. The number of ether oxygens (including phenoxy) is 1. The van der Waals surface area contributed by atoms with Gasteiger partial charge in [-0.3, -0.25) is 9.59 Å². The van der Waals surface area contributed by atoms with E-state index in [1.54, 1.807) is 28.8 Å². The number of hydrogen-bond donors (Lipinski definition) is 3. The fourth-order valence-electron chi connectivity index (χ4n) is 2.63. The average molecular weight is 435 g/mol. The minimum absolute atomic E-state index is 0.0524. The van der Waals surface area contributed by atoms with Gasteiger partial charge in [0.15, 0.2) is 5.16 Å². The highest BCUT2D eigenvalue weighted by atomic mass is 32.2. The van der Waals surface area contributed by atoms with Crippen molar-refractivity contribution >= 4 is 29.3 Å². The number of nitrogens with zero attached hydrogens (tertiary/aromatic N) is 2. The van der Waals surface area contributed by atoms with Crippen LogP contribution in [0, 0.1) is 5.92 Å². The maximum Gasteiger partial charge on any atom is 0.240 e. The molecule has 8 nitrogen and oxygen atoms in total. The summed E-state index contributed by atoms with van der Waals surface area (Å²) in [6.45, 7) is 7.11. The van der Waals surface area contributed by atoms with Crippen LogP contribution in [0.5, 0.6) is 5.75 Å². The van der Waals surface area contributed by atoms with Gasteiger partial charge in [-0.2, -0.15) is 0 Å². The molecule has 0 spiro atoms. The van der Waals surface area contributed by atoms with Gasteiger partial charge in [-0.05, 0) is 43.5 Å². The first-order chi connectivity index (χ1) is 14.4. The second-order valence-corrected chi connectivity index (χ2v) is 8.05. The number of nitrogens with one attached hydrogen (secondary N) is 2. The molecule has 1 heterocycles. The van der Waals surface area contributed by atoms with Gasteiger partial charge in [0.05, 0.1) is 30.9 Å². The van der Waals surface area contributed by atoms with E-state index in [2.05, 4.69) is 29.5 Å². The lowest BCUT2D eigenvalue weighted by Gasteiger charge is -2.12. The Bertz CT molecular complexity index is 821. The maximum atomic E-state index is 12.3. The van der Waals surface area contributed by atoms with Gasteiger partial charge in [-0.15, -0.1) is 0 Å². The number of aromatic nitrogens is 2. The zero-order chi connectivity index (χ0) is 21.9. The highest BCUT2D eigenvalue weighted by Gasteiger charge is 2.15. The lowest BCUT2D eigenvalue weighted by Crippen LogP contribution is -2.30. The van der Waals surface area contributed by atoms with Gasteiger partial charge in [-0.25, -0.2) is 4.98 Å². The van der Waals surface area contributed by atoms with Crippen molar-refractivity contribution in [2.24, 2.45) is 5.92 Å². The van der Waals surface area contributed by atoms with E-state index < -0.39 is 0 Å². The molecule has 0 unspecified atom stereocenters. The van der Waals surface area contributed by atoms with Gasteiger partial charge in [0.25, 0.3) is 0 Å². The van der Waals surface area contributed by atoms with Crippen molar-refractivity contribution in [2.45, 2.75) is 45.5 Å². The number of carbonyl (C=O) groups is 2. The Balaban J connectivity index is 1.90. The lowest BCUT2D eigenvalue weighted by atomic mass is 10.1. The van der Waals surface area contributed by atoms with Crippen LogP contribution < -0.4 is 15.4 Å². The third-order valence-electron chi connectivity index (χ3n) is 4.19. The van der Waals surface area contributed by atoms with E-state index in [1.807, 2.05) is 6.92 Å². The number of aliphatic hydroxyl groups is 1. The van der Waals surface area contributed by atoms with Crippen molar-refractivity contribution in [1.82, 2.24) is 14.9 Å². The van der Waals surface area contributed by atoms with E-state index in [1.165, 1.54) is 18.0 Å². The Morgan fingerprint density at radius 1 is 1.23 bits per heavy atom. The lowest BCUT2D eigenvalue weighted by molar-refractivity contribution is -0.121. The molecule has 2 amide bonds. The maximum absolute atomic E-state index is 12.3. The Hall–Kier alpha value is -2.52. The molecule has 2 rings (SSSR count). The smallest absolute Gasteiger partial charge is 0.240 e. The SMILES string of the molecule is CCOc1ccc(NC(=O)CSc2ncc(CO)n2CC(=O)NCCC(C)C)cc1. The normalized spacial score (nSPS) is 10.8. The molecule has 9 heteroatoms. The molecule has 0 aliphatic rings. The van der Waals surface area contributed by atoms with Crippen LogP contribution in [-0.2, 0) is 22.7 Å². The molecule has 0 saturated heterocycles.